The topological polar surface area (TPSA) is 76.1 Å². The molecular formula is C17H27NO5S. The van der Waals surface area contributed by atoms with Gasteiger partial charge in [-0.25, -0.2) is 0 Å². The Morgan fingerprint density at radius 2 is 2.04 bits per heavy atom. The van der Waals surface area contributed by atoms with Crippen molar-refractivity contribution in [2.45, 2.75) is 58.8 Å². The van der Waals surface area contributed by atoms with Gasteiger partial charge in [0, 0.05) is 18.7 Å². The molecule has 0 spiro atoms. The fraction of sp³-hybridized carbons (Fsp3) is 0.647. The minimum Gasteiger partial charge on any atom is -0.464 e. The molecule has 0 aromatic heterocycles. The normalized spacial score (nSPS) is 19.6. The number of rotatable bonds is 7. The van der Waals surface area contributed by atoms with Crippen LogP contribution in [0.25, 0.3) is 0 Å². The van der Waals surface area contributed by atoms with E-state index in [9.17, 15) is 13.0 Å². The number of likely N-dealkylation sites (N-methyl/N-ethyl adjacent to an activating group) is 1. The summed E-state index contributed by atoms with van der Waals surface area (Å²) in [5, 5.41) is 0. The summed E-state index contributed by atoms with van der Waals surface area (Å²) in [5.41, 5.74) is 1.77. The Balaban J connectivity index is 2.16. The first kappa shape index (κ1) is 19.2. The largest absolute Gasteiger partial charge is 0.464 e. The molecule has 6 nitrogen and oxygen atoms in total. The van der Waals surface area contributed by atoms with E-state index < -0.39 is 10.3 Å². The van der Waals surface area contributed by atoms with Crippen LogP contribution < -0.4 is 4.74 Å². The van der Waals surface area contributed by atoms with Crippen molar-refractivity contribution in [1.29, 1.82) is 0 Å². The van der Waals surface area contributed by atoms with Crippen LogP contribution >= 0.6 is 0 Å². The molecule has 0 saturated carbocycles. The van der Waals surface area contributed by atoms with Crippen molar-refractivity contribution in [1.82, 2.24) is 4.31 Å². The third-order valence-corrected chi connectivity index (χ3v) is 5.38. The van der Waals surface area contributed by atoms with Crippen molar-refractivity contribution in [3.63, 3.8) is 0 Å². The molecule has 1 unspecified atom stereocenters. The maximum Gasteiger partial charge on any atom is 0.335 e. The summed E-state index contributed by atoms with van der Waals surface area (Å²) < 4.78 is 44.5. The summed E-state index contributed by atoms with van der Waals surface area (Å²) in [4.78, 5) is 0. The average Bonchev–Trinajstić information content (AvgIpc) is 2.69. The van der Waals surface area contributed by atoms with E-state index in [2.05, 4.69) is 13.8 Å². The summed E-state index contributed by atoms with van der Waals surface area (Å²) in [6.45, 7) is 10.3. The van der Waals surface area contributed by atoms with Crippen LogP contribution in [0, 0.1) is 0 Å². The van der Waals surface area contributed by atoms with Crippen LogP contribution in [0.1, 0.15) is 45.7 Å². The van der Waals surface area contributed by atoms with Gasteiger partial charge in [0.15, 0.2) is 0 Å². The smallest absolute Gasteiger partial charge is 0.335 e. The predicted octanol–water partition coefficient (Wildman–Crippen LogP) is 2.77. The molecule has 1 N–H and O–H groups in total. The molecule has 1 aromatic carbocycles. The van der Waals surface area contributed by atoms with Gasteiger partial charge in [0.25, 0.3) is 0 Å². The molecule has 1 atom stereocenters. The molecule has 24 heavy (non-hydrogen) atoms. The summed E-state index contributed by atoms with van der Waals surface area (Å²) in [5.74, 6) is 0.802. The van der Waals surface area contributed by atoms with Crippen molar-refractivity contribution >= 4 is 10.3 Å². The highest BCUT2D eigenvalue weighted by molar-refractivity contribution is 7.83. The fourth-order valence-corrected chi connectivity index (χ4v) is 3.51. The second kappa shape index (κ2) is 7.00. The summed E-state index contributed by atoms with van der Waals surface area (Å²) in [6, 6.07) is 5.86. The predicted molar refractivity (Wildman–Crippen MR) is 92.6 cm³/mol. The van der Waals surface area contributed by atoms with E-state index in [0.29, 0.717) is 6.42 Å². The third-order valence-electron chi connectivity index (χ3n) is 4.29. The summed E-state index contributed by atoms with van der Waals surface area (Å²) in [6.07, 6.45) is 0.246. The minimum atomic E-state index is -4.15. The van der Waals surface area contributed by atoms with Gasteiger partial charge in [0.1, 0.15) is 5.75 Å². The Kier molecular flexibility index (Phi) is 5.59. The Morgan fingerprint density at radius 3 is 2.58 bits per heavy atom. The highest BCUT2D eigenvalue weighted by Crippen LogP contribution is 2.44. The van der Waals surface area contributed by atoms with E-state index in [-0.39, 0.29) is 30.9 Å². The summed E-state index contributed by atoms with van der Waals surface area (Å²) >= 11 is 0. The monoisotopic (exact) mass is 357 g/mol. The molecule has 7 heteroatoms. The molecule has 0 radical (unpaired) electrons. The van der Waals surface area contributed by atoms with Gasteiger partial charge < -0.3 is 9.47 Å². The second-order valence-corrected chi connectivity index (χ2v) is 8.32. The molecule has 0 bridgehead atoms. The zero-order valence-electron chi connectivity index (χ0n) is 14.9. The third kappa shape index (κ3) is 4.08. The Hall–Kier alpha value is -1.15. The maximum absolute atomic E-state index is 11.3. The molecular weight excluding hydrogens is 330 g/mol. The average molecular weight is 357 g/mol. The zero-order valence-corrected chi connectivity index (χ0v) is 15.8. The van der Waals surface area contributed by atoms with Gasteiger partial charge in [-0.3, -0.25) is 4.55 Å². The number of benzene rings is 1. The molecule has 136 valence electrons. The molecule has 1 aliphatic heterocycles. The lowest BCUT2D eigenvalue weighted by molar-refractivity contribution is -0.128. The van der Waals surface area contributed by atoms with E-state index in [1.807, 2.05) is 32.0 Å². The van der Waals surface area contributed by atoms with Crippen molar-refractivity contribution in [3.05, 3.63) is 29.3 Å². The van der Waals surface area contributed by atoms with Crippen LogP contribution in [-0.4, -0.2) is 42.8 Å². The van der Waals surface area contributed by atoms with Gasteiger partial charge in [-0.1, -0.05) is 19.1 Å². The maximum atomic E-state index is 11.3. The Labute approximate surface area is 144 Å². The van der Waals surface area contributed by atoms with Gasteiger partial charge in [-0.05, 0) is 45.7 Å². The van der Waals surface area contributed by atoms with Crippen LogP contribution in [0.3, 0.4) is 0 Å². The van der Waals surface area contributed by atoms with Crippen LogP contribution in [-0.2, 0) is 26.9 Å². The van der Waals surface area contributed by atoms with Crippen LogP contribution in [0.4, 0.5) is 0 Å². The fourth-order valence-electron chi connectivity index (χ4n) is 2.86. The Morgan fingerprint density at radius 1 is 1.38 bits per heavy atom. The zero-order chi connectivity index (χ0) is 18.1. The number of nitrogens with zero attached hydrogens (tertiary/aromatic N) is 1. The first-order valence-corrected chi connectivity index (χ1v) is 9.63. The van der Waals surface area contributed by atoms with Crippen LogP contribution in [0.5, 0.6) is 5.75 Å². The molecule has 2 rings (SSSR count). The van der Waals surface area contributed by atoms with Crippen molar-refractivity contribution in [3.8, 4) is 5.75 Å². The highest BCUT2D eigenvalue weighted by atomic mass is 32.2. The van der Waals surface area contributed by atoms with Crippen LogP contribution in [0.2, 0.25) is 0 Å². The van der Waals surface area contributed by atoms with Gasteiger partial charge >= 0.3 is 10.3 Å². The van der Waals surface area contributed by atoms with E-state index in [1.54, 1.807) is 6.92 Å². The van der Waals surface area contributed by atoms with Crippen LogP contribution in [0.15, 0.2) is 18.2 Å². The first-order chi connectivity index (χ1) is 11.1. The highest BCUT2D eigenvalue weighted by Gasteiger charge is 2.43. The van der Waals surface area contributed by atoms with E-state index in [0.717, 1.165) is 21.2 Å². The number of fused-ring (bicyclic) bond motifs is 1. The molecule has 0 fully saturated rings. The molecule has 1 aromatic rings. The molecule has 1 heterocycles. The summed E-state index contributed by atoms with van der Waals surface area (Å²) in [7, 11) is -4.15. The van der Waals surface area contributed by atoms with Gasteiger partial charge in [-0.2, -0.15) is 12.7 Å². The minimum absolute atomic E-state index is 0.0657. The van der Waals surface area contributed by atoms with Gasteiger partial charge in [0.05, 0.1) is 11.5 Å². The quantitative estimate of drug-likeness (QED) is 0.760. The number of hydrogen-bond acceptors (Lipinski definition) is 4. The van der Waals surface area contributed by atoms with E-state index in [1.165, 1.54) is 0 Å². The van der Waals surface area contributed by atoms with Gasteiger partial charge in [-0.15, -0.1) is 0 Å². The SMILES string of the molecule is CCN(CCc1ccc2c(c1)C(C)(C)C(OC(C)C)O2)S(=O)(=O)O. The lowest BCUT2D eigenvalue weighted by Gasteiger charge is -2.27. The Bertz CT molecular complexity index is 684. The number of hydrogen-bond donors (Lipinski definition) is 1. The van der Waals surface area contributed by atoms with Crippen molar-refractivity contribution in [2.24, 2.45) is 0 Å². The molecule has 0 aliphatic carbocycles. The molecule has 0 saturated heterocycles. The lowest BCUT2D eigenvalue weighted by atomic mass is 9.84. The van der Waals surface area contributed by atoms with Crippen molar-refractivity contribution in [2.75, 3.05) is 13.1 Å². The number of ether oxygens (including phenoxy) is 2. The van der Waals surface area contributed by atoms with Crippen molar-refractivity contribution < 1.29 is 22.4 Å². The standard InChI is InChI=1S/C17H27NO5S/c1-6-18(24(19,20)21)10-9-13-7-8-15-14(11-13)17(4,5)16(23-15)22-12(2)3/h7-8,11-12,16H,6,9-10H2,1-5H3,(H,19,20,21). The molecule has 0 amide bonds. The van der Waals surface area contributed by atoms with E-state index in [4.69, 9.17) is 9.47 Å². The van der Waals surface area contributed by atoms with E-state index >= 15 is 0 Å². The second-order valence-electron chi connectivity index (χ2n) is 6.91. The lowest BCUT2D eigenvalue weighted by Crippen LogP contribution is -2.36. The molecule has 1 aliphatic rings. The first-order valence-electron chi connectivity index (χ1n) is 8.23. The van der Waals surface area contributed by atoms with Gasteiger partial charge in [0.2, 0.25) is 6.29 Å².